The average Bonchev–Trinajstić information content (AvgIpc) is 4.08. The van der Waals surface area contributed by atoms with Gasteiger partial charge in [-0.3, -0.25) is 57.4 Å². The minimum absolute atomic E-state index is 0. The van der Waals surface area contributed by atoms with Gasteiger partial charge >= 0.3 is 6.03 Å². The van der Waals surface area contributed by atoms with E-state index in [1.807, 2.05) is 0 Å². The van der Waals surface area contributed by atoms with Crippen LogP contribution in [0.3, 0.4) is 0 Å². The van der Waals surface area contributed by atoms with Gasteiger partial charge in [0.05, 0.1) is 21.2 Å². The molecular formula is C43H38N12NaO17S4. The van der Waals surface area contributed by atoms with E-state index in [9.17, 15) is 75.9 Å². The molecule has 8 rings (SSSR count). The number of hydrogen-bond acceptors (Lipinski definition) is 15. The molecule has 6 amide bonds. The van der Waals surface area contributed by atoms with Gasteiger partial charge in [0.25, 0.3) is 64.1 Å². The topological polar surface area (TPSA) is 421 Å². The van der Waals surface area contributed by atoms with Gasteiger partial charge in [-0.15, -0.1) is 0 Å². The molecule has 0 spiro atoms. The van der Waals surface area contributed by atoms with E-state index in [4.69, 9.17) is 0 Å². The molecule has 29 nitrogen and oxygen atoms in total. The fourth-order valence-corrected chi connectivity index (χ4v) is 10.4. The van der Waals surface area contributed by atoms with E-state index in [0.29, 0.717) is 12.1 Å². The summed E-state index contributed by atoms with van der Waals surface area (Å²) in [6.07, 6.45) is 2.81. The Morgan fingerprint density at radius 1 is 0.416 bits per heavy atom. The molecule has 397 valence electrons. The molecule has 1 radical (unpaired) electrons. The molecule has 4 aromatic heterocycles. The summed E-state index contributed by atoms with van der Waals surface area (Å²) in [6, 6.07) is 14.8. The van der Waals surface area contributed by atoms with E-state index < -0.39 is 89.7 Å². The Bertz CT molecular complexity index is 4030. The summed E-state index contributed by atoms with van der Waals surface area (Å²) in [5.74, 6) is -3.06. The first-order chi connectivity index (χ1) is 35.3. The maximum absolute atomic E-state index is 13.4. The van der Waals surface area contributed by atoms with Crippen LogP contribution in [0.25, 0.3) is 21.5 Å². The molecule has 0 aliphatic carbocycles. The number of carbonyl (C=O) groups is 5. The molecule has 0 aliphatic heterocycles. The smallest absolute Gasteiger partial charge is 0.326 e. The molecule has 4 aromatic carbocycles. The minimum atomic E-state index is -5.01. The molecule has 0 aliphatic rings. The van der Waals surface area contributed by atoms with Gasteiger partial charge in [-0.25, -0.2) is 4.79 Å². The second-order valence-electron chi connectivity index (χ2n) is 16.5. The monoisotopic (exact) mass is 1150 g/mol. The standard InChI is InChI=1S/C43H38N12O17S4.Na/c1-52-19-25(13-31(52)39(56)44-23-7-5-21-9-27(73(61,62)63)15-35(29(21)11-23)75(67,68)69)46-41(58)33-17-37(50-54(33)3)48-43(60)49-38-18-34(55(4)51-38)42(59)47-26-14-32(53(2)20-26)40(57)45-24-8-6-22-10-28(74(64,65)66)16-36(30(22)12-24)76(70,71)72;/h5-20H,1-4H3,(H,44,56)(H,45,57)(H,46,58)(H,47,59)(H,61,62,63)(H,64,65,66)(H,67,68,69)(H,70,71,72)(H2,48,49,50,51,60);. The van der Waals surface area contributed by atoms with Gasteiger partial charge in [-0.05, 0) is 71.4 Å². The third kappa shape index (κ3) is 12.6. The molecule has 0 atom stereocenters. The number of fused-ring (bicyclic) bond motifs is 2. The number of aromatic nitrogens is 6. The first-order valence-electron chi connectivity index (χ1n) is 21.1. The number of nitrogens with zero attached hydrogens (tertiary/aromatic N) is 6. The molecule has 0 fully saturated rings. The van der Waals surface area contributed by atoms with Crippen molar-refractivity contribution in [1.82, 2.24) is 28.7 Å². The Balaban J connectivity index is 0.00000861. The molecule has 0 bridgehead atoms. The summed E-state index contributed by atoms with van der Waals surface area (Å²) in [7, 11) is -13.9. The fourth-order valence-electron chi connectivity index (χ4n) is 7.72. The van der Waals surface area contributed by atoms with Gasteiger partial charge < -0.3 is 30.4 Å². The molecule has 0 unspecified atom stereocenters. The van der Waals surface area contributed by atoms with E-state index in [0.717, 1.165) is 21.5 Å². The Labute approximate surface area is 456 Å². The number of nitrogens with one attached hydrogen (secondary N) is 6. The molecule has 77 heavy (non-hydrogen) atoms. The summed E-state index contributed by atoms with van der Waals surface area (Å²) < 4.78 is 139. The Morgan fingerprint density at radius 3 is 1.09 bits per heavy atom. The molecule has 0 saturated heterocycles. The zero-order valence-electron chi connectivity index (χ0n) is 40.1. The molecule has 10 N–H and O–H groups in total. The first-order valence-corrected chi connectivity index (χ1v) is 26.9. The Morgan fingerprint density at radius 2 is 0.753 bits per heavy atom. The number of rotatable bonds is 14. The quantitative estimate of drug-likeness (QED) is 0.0551. The van der Waals surface area contributed by atoms with E-state index in [2.05, 4.69) is 42.1 Å². The van der Waals surface area contributed by atoms with Crippen molar-refractivity contribution >= 4 is 156 Å². The third-order valence-corrected chi connectivity index (χ3v) is 14.6. The zero-order chi connectivity index (χ0) is 55.6. The summed E-state index contributed by atoms with van der Waals surface area (Å²) in [6.45, 7) is 0. The molecule has 4 heterocycles. The second kappa shape index (κ2) is 20.9. The number of urea groups is 1. The van der Waals surface area contributed by atoms with Gasteiger partial charge in [0.1, 0.15) is 32.6 Å². The number of aryl methyl sites for hydroxylation is 4. The van der Waals surface area contributed by atoms with Crippen molar-refractivity contribution in [3.05, 3.63) is 120 Å². The van der Waals surface area contributed by atoms with Crippen LogP contribution in [0.2, 0.25) is 0 Å². The van der Waals surface area contributed by atoms with Crippen molar-refractivity contribution in [2.75, 3.05) is 31.9 Å². The first kappa shape index (κ1) is 56.9. The van der Waals surface area contributed by atoms with E-state index in [-0.39, 0.29) is 108 Å². The van der Waals surface area contributed by atoms with Crippen molar-refractivity contribution in [3.8, 4) is 0 Å². The molecule has 34 heteroatoms. The third-order valence-electron chi connectivity index (χ3n) is 11.1. The van der Waals surface area contributed by atoms with Gasteiger partial charge in [-0.2, -0.15) is 43.9 Å². The average molecular weight is 1150 g/mol. The largest absolute Gasteiger partial charge is 0.344 e. The normalized spacial score (nSPS) is 11.9. The second-order valence-corrected chi connectivity index (χ2v) is 22.2. The maximum atomic E-state index is 13.4. The maximum Gasteiger partial charge on any atom is 0.326 e. The van der Waals surface area contributed by atoms with Crippen LogP contribution >= 0.6 is 0 Å². The van der Waals surface area contributed by atoms with Crippen LogP contribution in [-0.4, -0.2) is 140 Å². The van der Waals surface area contributed by atoms with E-state index >= 15 is 0 Å². The molecular weight excluding hydrogens is 1110 g/mol. The Hall–Kier alpha value is -7.83. The number of carbonyl (C=O) groups excluding carboxylic acids is 5. The summed E-state index contributed by atoms with van der Waals surface area (Å²) >= 11 is 0. The van der Waals surface area contributed by atoms with Crippen LogP contribution < -0.4 is 31.9 Å². The summed E-state index contributed by atoms with van der Waals surface area (Å²) in [4.78, 5) is 63.1. The number of amides is 6. The molecule has 0 saturated carbocycles. The van der Waals surface area contributed by atoms with Crippen LogP contribution in [-0.2, 0) is 68.7 Å². The van der Waals surface area contributed by atoms with Crippen molar-refractivity contribution in [2.45, 2.75) is 19.6 Å². The number of hydrogen-bond donors (Lipinski definition) is 10. The van der Waals surface area contributed by atoms with Crippen LogP contribution in [0.5, 0.6) is 0 Å². The SMILES string of the molecule is Cn1cc(NC(=O)c2cc(NC(=O)Nc3cc(C(=O)Nc4cc(C(=O)Nc5ccc6cc(S(=O)(=O)O)cc(S(=O)(=O)O)c6c5)n(C)c4)n(C)n3)nn2C)cc1C(=O)Nc1ccc2cc(S(=O)(=O)O)cc(S(=O)(=O)O)c2c1.[Na]. The van der Waals surface area contributed by atoms with E-state index in [1.54, 1.807) is 0 Å². The van der Waals surface area contributed by atoms with Crippen molar-refractivity contribution < 1.29 is 75.9 Å². The summed E-state index contributed by atoms with van der Waals surface area (Å²) in [5.41, 5.74) is 0.278. The Kier molecular flexibility index (Phi) is 15.5. The van der Waals surface area contributed by atoms with Crippen LogP contribution in [0.15, 0.2) is 117 Å². The van der Waals surface area contributed by atoms with Gasteiger partial charge in [0.2, 0.25) is 0 Å². The van der Waals surface area contributed by atoms with Gasteiger partial charge in [0.15, 0.2) is 11.6 Å². The van der Waals surface area contributed by atoms with Crippen molar-refractivity contribution in [3.63, 3.8) is 0 Å². The predicted octanol–water partition coefficient (Wildman–Crippen LogP) is 3.40. The van der Waals surface area contributed by atoms with Crippen LogP contribution in [0, 0.1) is 0 Å². The van der Waals surface area contributed by atoms with E-state index in [1.165, 1.54) is 110 Å². The predicted molar refractivity (Wildman–Crippen MR) is 275 cm³/mol. The number of anilines is 6. The number of benzene rings is 4. The minimum Gasteiger partial charge on any atom is -0.344 e. The van der Waals surface area contributed by atoms with Crippen molar-refractivity contribution in [1.29, 1.82) is 0 Å². The summed E-state index contributed by atoms with van der Waals surface area (Å²) in [5, 5.41) is 23.2. The molecule has 8 aromatic rings. The fraction of sp³-hybridized carbons (Fsp3) is 0.0930. The van der Waals surface area contributed by atoms with Crippen molar-refractivity contribution in [2.24, 2.45) is 28.2 Å². The van der Waals surface area contributed by atoms with Crippen LogP contribution in [0.1, 0.15) is 42.0 Å². The van der Waals surface area contributed by atoms with Gasteiger partial charge in [-0.1, -0.05) is 12.1 Å². The van der Waals surface area contributed by atoms with Crippen LogP contribution in [0.4, 0.5) is 39.2 Å². The zero-order valence-corrected chi connectivity index (χ0v) is 45.4. The van der Waals surface area contributed by atoms with Gasteiger partial charge in [0, 0.05) is 104 Å².